The molecule has 1 aromatic carbocycles. The van der Waals surface area contributed by atoms with Crippen LogP contribution in [0.5, 0.6) is 0 Å². The molecule has 0 saturated carbocycles. The summed E-state index contributed by atoms with van der Waals surface area (Å²) in [6, 6.07) is 8.50. The number of aliphatic imine (C=N–C) groups is 1. The third kappa shape index (κ3) is 7.35. The lowest BCUT2D eigenvalue weighted by atomic mass is 10.2. The number of carbonyl (C=O) groups is 1. The Hall–Kier alpha value is -2.24. The molecule has 24 heavy (non-hydrogen) atoms. The predicted molar refractivity (Wildman–Crippen MR) is 102 cm³/mol. The number of nitrogens with zero attached hydrogens (tertiary/aromatic N) is 2. The summed E-state index contributed by atoms with van der Waals surface area (Å²) in [4.78, 5) is 18.1. The molecule has 0 fully saturated rings. The van der Waals surface area contributed by atoms with Crippen LogP contribution in [-0.2, 0) is 4.79 Å². The molecule has 0 radical (unpaired) electrons. The summed E-state index contributed by atoms with van der Waals surface area (Å²) in [7, 11) is 1.71. The normalized spacial score (nSPS) is 11.1. The maximum Gasteiger partial charge on any atom is 0.239 e. The molecule has 0 saturated heterocycles. The van der Waals surface area contributed by atoms with E-state index >= 15 is 0 Å². The smallest absolute Gasteiger partial charge is 0.239 e. The summed E-state index contributed by atoms with van der Waals surface area (Å²) in [5.74, 6) is 0.622. The highest BCUT2D eigenvalue weighted by Crippen LogP contribution is 2.14. The van der Waals surface area contributed by atoms with Gasteiger partial charge in [0.2, 0.25) is 5.91 Å². The molecule has 0 heterocycles. The first-order chi connectivity index (χ1) is 11.6. The van der Waals surface area contributed by atoms with Crippen LogP contribution in [0, 0.1) is 6.92 Å². The fraction of sp³-hybridized carbons (Fsp3) is 0.556. The van der Waals surface area contributed by atoms with Crippen LogP contribution in [0.2, 0.25) is 0 Å². The maximum absolute atomic E-state index is 11.6. The molecule has 6 heteroatoms. The molecular formula is C18H31N5O. The lowest BCUT2D eigenvalue weighted by molar-refractivity contribution is -0.120. The van der Waals surface area contributed by atoms with Gasteiger partial charge < -0.3 is 20.9 Å². The molecule has 134 valence electrons. The average molecular weight is 333 g/mol. The summed E-state index contributed by atoms with van der Waals surface area (Å²) in [6.07, 6.45) is 0.935. The molecule has 1 amide bonds. The number of hydrogen-bond donors (Lipinski definition) is 3. The molecule has 1 aromatic rings. The summed E-state index contributed by atoms with van der Waals surface area (Å²) in [5, 5.41) is 9.10. The summed E-state index contributed by atoms with van der Waals surface area (Å²) < 4.78 is 0. The van der Waals surface area contributed by atoms with Crippen molar-refractivity contribution in [3.63, 3.8) is 0 Å². The van der Waals surface area contributed by atoms with E-state index in [2.05, 4.69) is 64.0 Å². The van der Waals surface area contributed by atoms with Crippen LogP contribution in [0.25, 0.3) is 0 Å². The molecule has 1 rings (SSSR count). The molecule has 0 atom stereocenters. The standard InChI is InChI=1S/C18H31N5O/c1-5-10-20-17(24)14-22-18(19-4)21-11-12-23(6-2)16-9-7-8-15(3)13-16/h7-9,13H,5-6,10-12,14H2,1-4H3,(H,20,24)(H2,19,21,22). The summed E-state index contributed by atoms with van der Waals surface area (Å²) in [5.41, 5.74) is 2.48. The molecule has 0 aliphatic carbocycles. The number of nitrogens with one attached hydrogen (secondary N) is 3. The Morgan fingerprint density at radius 1 is 1.17 bits per heavy atom. The van der Waals surface area contributed by atoms with Gasteiger partial charge in [0.15, 0.2) is 5.96 Å². The monoisotopic (exact) mass is 333 g/mol. The van der Waals surface area contributed by atoms with Gasteiger partial charge in [-0.05, 0) is 38.0 Å². The van der Waals surface area contributed by atoms with Gasteiger partial charge in [-0.1, -0.05) is 19.1 Å². The van der Waals surface area contributed by atoms with E-state index in [1.807, 2.05) is 6.92 Å². The zero-order valence-corrected chi connectivity index (χ0v) is 15.4. The van der Waals surface area contributed by atoms with E-state index in [0.29, 0.717) is 12.5 Å². The van der Waals surface area contributed by atoms with Crippen molar-refractivity contribution in [3.8, 4) is 0 Å². The van der Waals surface area contributed by atoms with Crippen LogP contribution < -0.4 is 20.9 Å². The fourth-order valence-electron chi connectivity index (χ4n) is 2.32. The number of aryl methyl sites for hydroxylation is 1. The molecule has 0 bridgehead atoms. The minimum atomic E-state index is -0.0188. The SMILES string of the molecule is CCCNC(=O)CNC(=NC)NCCN(CC)c1cccc(C)c1. The van der Waals surface area contributed by atoms with Gasteiger partial charge in [-0.15, -0.1) is 0 Å². The van der Waals surface area contributed by atoms with Gasteiger partial charge in [0.05, 0.1) is 6.54 Å². The Balaban J connectivity index is 2.38. The molecule has 6 nitrogen and oxygen atoms in total. The number of likely N-dealkylation sites (N-methyl/N-ethyl adjacent to an activating group) is 1. The highest BCUT2D eigenvalue weighted by atomic mass is 16.1. The van der Waals surface area contributed by atoms with Crippen molar-refractivity contribution in [1.82, 2.24) is 16.0 Å². The topological polar surface area (TPSA) is 68.8 Å². The van der Waals surface area contributed by atoms with Crippen molar-refractivity contribution in [1.29, 1.82) is 0 Å². The Labute approximate surface area is 145 Å². The number of amides is 1. The van der Waals surface area contributed by atoms with Gasteiger partial charge in [0.25, 0.3) is 0 Å². The van der Waals surface area contributed by atoms with E-state index < -0.39 is 0 Å². The Bertz CT molecular complexity index is 530. The highest BCUT2D eigenvalue weighted by molar-refractivity contribution is 5.86. The molecule has 0 aromatic heterocycles. The van der Waals surface area contributed by atoms with Crippen LogP contribution in [0.15, 0.2) is 29.3 Å². The van der Waals surface area contributed by atoms with E-state index in [9.17, 15) is 4.79 Å². The molecule has 0 unspecified atom stereocenters. The van der Waals surface area contributed by atoms with Crippen molar-refractivity contribution in [2.75, 3.05) is 44.7 Å². The quantitative estimate of drug-likeness (QED) is 0.473. The second kappa shape index (κ2) is 11.3. The largest absolute Gasteiger partial charge is 0.370 e. The molecular weight excluding hydrogens is 302 g/mol. The average Bonchev–Trinajstić information content (AvgIpc) is 2.59. The number of rotatable bonds is 9. The minimum absolute atomic E-state index is 0.0188. The Morgan fingerprint density at radius 3 is 2.58 bits per heavy atom. The first-order valence-electron chi connectivity index (χ1n) is 8.63. The van der Waals surface area contributed by atoms with Gasteiger partial charge in [0, 0.05) is 38.9 Å². The lowest BCUT2D eigenvalue weighted by Gasteiger charge is -2.24. The van der Waals surface area contributed by atoms with Crippen LogP contribution in [0.4, 0.5) is 5.69 Å². The fourth-order valence-corrected chi connectivity index (χ4v) is 2.32. The number of anilines is 1. The number of benzene rings is 1. The van der Waals surface area contributed by atoms with Crippen LogP contribution in [-0.4, -0.2) is 51.6 Å². The number of carbonyl (C=O) groups excluding carboxylic acids is 1. The van der Waals surface area contributed by atoms with Crippen LogP contribution in [0.3, 0.4) is 0 Å². The van der Waals surface area contributed by atoms with Crippen molar-refractivity contribution >= 4 is 17.6 Å². The first kappa shape index (κ1) is 19.8. The third-order valence-electron chi connectivity index (χ3n) is 3.63. The molecule has 0 aliphatic rings. The zero-order chi connectivity index (χ0) is 17.8. The van der Waals surface area contributed by atoms with Gasteiger partial charge in [-0.25, -0.2) is 0 Å². The van der Waals surface area contributed by atoms with Crippen LogP contribution >= 0.6 is 0 Å². The van der Waals surface area contributed by atoms with Crippen molar-refractivity contribution in [2.45, 2.75) is 27.2 Å². The predicted octanol–water partition coefficient (Wildman–Crippen LogP) is 1.51. The zero-order valence-electron chi connectivity index (χ0n) is 15.4. The van der Waals surface area contributed by atoms with E-state index in [1.165, 1.54) is 11.3 Å². The number of hydrogen-bond acceptors (Lipinski definition) is 3. The minimum Gasteiger partial charge on any atom is -0.370 e. The second-order valence-electron chi connectivity index (χ2n) is 5.62. The Morgan fingerprint density at radius 2 is 1.96 bits per heavy atom. The lowest BCUT2D eigenvalue weighted by Crippen LogP contribution is -2.45. The summed E-state index contributed by atoms with van der Waals surface area (Å²) >= 11 is 0. The number of guanidine groups is 1. The van der Waals surface area contributed by atoms with Crippen molar-refractivity contribution in [2.24, 2.45) is 4.99 Å². The first-order valence-corrected chi connectivity index (χ1v) is 8.63. The molecule has 0 spiro atoms. The van der Waals surface area contributed by atoms with Gasteiger partial charge in [-0.3, -0.25) is 9.79 Å². The molecule has 0 aliphatic heterocycles. The maximum atomic E-state index is 11.6. The van der Waals surface area contributed by atoms with Crippen molar-refractivity contribution < 1.29 is 4.79 Å². The van der Waals surface area contributed by atoms with Crippen molar-refractivity contribution in [3.05, 3.63) is 29.8 Å². The van der Waals surface area contributed by atoms with E-state index in [-0.39, 0.29) is 12.5 Å². The van der Waals surface area contributed by atoms with E-state index in [0.717, 1.165) is 26.1 Å². The van der Waals surface area contributed by atoms with E-state index in [1.54, 1.807) is 7.05 Å². The van der Waals surface area contributed by atoms with Gasteiger partial charge >= 0.3 is 0 Å². The third-order valence-corrected chi connectivity index (χ3v) is 3.63. The molecule has 3 N–H and O–H groups in total. The van der Waals surface area contributed by atoms with Crippen LogP contribution in [0.1, 0.15) is 25.8 Å². The summed E-state index contributed by atoms with van der Waals surface area (Å²) in [6.45, 7) is 9.77. The highest BCUT2D eigenvalue weighted by Gasteiger charge is 2.06. The Kier molecular flexibility index (Phi) is 9.34. The van der Waals surface area contributed by atoms with E-state index in [4.69, 9.17) is 0 Å². The van der Waals surface area contributed by atoms with Gasteiger partial charge in [-0.2, -0.15) is 0 Å². The van der Waals surface area contributed by atoms with Gasteiger partial charge in [0.1, 0.15) is 0 Å². The second-order valence-corrected chi connectivity index (χ2v) is 5.62.